The van der Waals surface area contributed by atoms with Gasteiger partial charge in [-0.15, -0.1) is 20.5 Å². The Morgan fingerprint density at radius 3 is 1.48 bits per heavy atom. The number of aryl methyl sites for hydroxylation is 4. The van der Waals surface area contributed by atoms with E-state index in [0.717, 1.165) is 45.8 Å². The summed E-state index contributed by atoms with van der Waals surface area (Å²) >= 11 is 0. The van der Waals surface area contributed by atoms with Crippen LogP contribution in [-0.4, -0.2) is 31.2 Å². The maximum Gasteiger partial charge on any atom is 0.264 e. The molecule has 0 aliphatic rings. The van der Waals surface area contributed by atoms with E-state index in [1.165, 1.54) is 0 Å². The molecule has 0 spiro atoms. The van der Waals surface area contributed by atoms with Crippen molar-refractivity contribution in [3.63, 3.8) is 0 Å². The van der Waals surface area contributed by atoms with E-state index < -0.39 is 11.8 Å². The molecule has 2 N–H and O–H groups in total. The first-order valence-electron chi connectivity index (χ1n) is 13.8. The first-order chi connectivity index (χ1) is 19.2. The summed E-state index contributed by atoms with van der Waals surface area (Å²) in [5.74, 6) is -0.869. The van der Waals surface area contributed by atoms with Gasteiger partial charge >= 0.3 is 0 Å². The van der Waals surface area contributed by atoms with E-state index in [0.29, 0.717) is 25.9 Å². The summed E-state index contributed by atoms with van der Waals surface area (Å²) in [5, 5.41) is 38.7. The predicted octanol–water partition coefficient (Wildman–Crippen LogP) is 7.93. The minimum Gasteiger partial charge on any atom is -0.493 e. The van der Waals surface area contributed by atoms with Crippen molar-refractivity contribution in [3.8, 4) is 11.8 Å². The predicted molar refractivity (Wildman–Crippen MR) is 155 cm³/mol. The lowest BCUT2D eigenvalue weighted by Crippen LogP contribution is -1.96. The lowest BCUT2D eigenvalue weighted by atomic mass is 10.1. The molecule has 0 unspecified atom stereocenters. The highest BCUT2D eigenvalue weighted by Gasteiger charge is 2.18. The average Bonchev–Trinajstić information content (AvgIpc) is 3.33. The van der Waals surface area contributed by atoms with E-state index in [2.05, 4.69) is 20.5 Å². The Labute approximate surface area is 233 Å². The molecule has 210 valence electrons. The zero-order valence-corrected chi connectivity index (χ0v) is 23.5. The number of fused-ring (bicyclic) bond motifs is 2. The molecule has 0 saturated heterocycles. The molecule has 2 amide bonds. The van der Waals surface area contributed by atoms with Crippen molar-refractivity contribution in [2.45, 2.75) is 79.3 Å². The summed E-state index contributed by atoms with van der Waals surface area (Å²) in [6.45, 7) is 9.20. The number of unbranched alkanes of at least 4 members (excludes halogenated alkanes) is 1. The summed E-state index contributed by atoms with van der Waals surface area (Å²) < 4.78 is 3.55. The second kappa shape index (κ2) is 12.7. The molecule has 2 aromatic heterocycles. The number of benzene rings is 2. The van der Waals surface area contributed by atoms with Gasteiger partial charge in [0.2, 0.25) is 11.8 Å². The van der Waals surface area contributed by atoms with Crippen LogP contribution < -0.4 is 0 Å². The van der Waals surface area contributed by atoms with Crippen LogP contribution in [0.4, 0.5) is 11.4 Å². The monoisotopic (exact) mass is 544 g/mol. The number of hydrogen-bond donors (Lipinski definition) is 2. The van der Waals surface area contributed by atoms with Crippen LogP contribution in [-0.2, 0) is 22.7 Å². The number of nitrogens with zero attached hydrogens (tertiary/aromatic N) is 6. The maximum absolute atomic E-state index is 12.4. The smallest absolute Gasteiger partial charge is 0.264 e. The number of azo groups is 2. The Balaban J connectivity index is 1.34. The van der Waals surface area contributed by atoms with Gasteiger partial charge in [-0.2, -0.15) is 0 Å². The van der Waals surface area contributed by atoms with Gasteiger partial charge in [0.05, 0.1) is 11.0 Å². The molecule has 4 aromatic rings. The molecule has 40 heavy (non-hydrogen) atoms. The number of hydrogen-bond acceptors (Lipinski definition) is 6. The molecule has 4 rings (SSSR count). The van der Waals surface area contributed by atoms with Crippen molar-refractivity contribution >= 4 is 45.0 Å². The minimum atomic E-state index is -0.429. The normalized spacial score (nSPS) is 12.0. The summed E-state index contributed by atoms with van der Waals surface area (Å²) in [4.78, 5) is 24.7. The first-order valence-corrected chi connectivity index (χ1v) is 13.8. The van der Waals surface area contributed by atoms with Crippen LogP contribution in [0.15, 0.2) is 56.9 Å². The molecule has 0 bridgehead atoms. The third-order valence-electron chi connectivity index (χ3n) is 6.78. The molecular weight excluding hydrogens is 508 g/mol. The maximum atomic E-state index is 12.4. The van der Waals surface area contributed by atoms with Crippen molar-refractivity contribution in [1.82, 2.24) is 9.13 Å². The third-order valence-corrected chi connectivity index (χ3v) is 6.78. The van der Waals surface area contributed by atoms with Crippen LogP contribution in [0.25, 0.3) is 21.8 Å². The standard InChI is InChI=1S/C30H36N6O4/c1-5-15-35-23-13-11-19(3)17-21(23)27(29(35)39)33-31-25(37)9-7-8-10-26(38)32-34-28-22-18-20(4)12-14-24(22)36(16-6-2)30(28)40/h11-14,17-18,39-40H,5-10,15-16H2,1-4H3. The molecule has 0 atom stereocenters. The van der Waals surface area contributed by atoms with E-state index >= 15 is 0 Å². The topological polar surface area (TPSA) is 134 Å². The summed E-state index contributed by atoms with van der Waals surface area (Å²) in [7, 11) is 0. The third kappa shape index (κ3) is 6.11. The quantitative estimate of drug-likeness (QED) is 0.146. The molecule has 0 fully saturated rings. The lowest BCUT2D eigenvalue weighted by Gasteiger charge is -2.04. The molecule has 2 heterocycles. The Kier molecular flexibility index (Phi) is 9.08. The summed E-state index contributed by atoms with van der Waals surface area (Å²) in [5.41, 5.74) is 4.30. The SMILES string of the molecule is CCCn1c(O)c(N=NC(=O)CCCCC(=O)N=Nc2c(O)n(CCC)c3ccc(C)cc23)c2cc(C)ccc21. The molecule has 0 radical (unpaired) electrons. The van der Waals surface area contributed by atoms with E-state index in [9.17, 15) is 19.8 Å². The second-order valence-electron chi connectivity index (χ2n) is 10.1. The van der Waals surface area contributed by atoms with Crippen molar-refractivity contribution in [3.05, 3.63) is 47.5 Å². The van der Waals surface area contributed by atoms with E-state index in [-0.39, 0.29) is 36.0 Å². The van der Waals surface area contributed by atoms with Gasteiger partial charge in [-0.25, -0.2) is 0 Å². The fraction of sp³-hybridized carbons (Fsp3) is 0.400. The van der Waals surface area contributed by atoms with Crippen LogP contribution in [0, 0.1) is 13.8 Å². The fourth-order valence-electron chi connectivity index (χ4n) is 4.84. The van der Waals surface area contributed by atoms with Crippen molar-refractivity contribution < 1.29 is 19.8 Å². The van der Waals surface area contributed by atoms with Gasteiger partial charge in [0.1, 0.15) is 0 Å². The number of carbonyl (C=O) groups excluding carboxylic acids is 2. The zero-order valence-electron chi connectivity index (χ0n) is 23.5. The Hall–Kier alpha value is -4.34. The molecule has 2 aromatic carbocycles. The first kappa shape index (κ1) is 28.7. The number of aromatic nitrogens is 2. The number of carbonyl (C=O) groups is 2. The summed E-state index contributed by atoms with van der Waals surface area (Å²) in [6.07, 6.45) is 2.77. The van der Waals surface area contributed by atoms with E-state index in [1.807, 2.05) is 64.1 Å². The Morgan fingerprint density at radius 2 is 1.10 bits per heavy atom. The molecule has 10 nitrogen and oxygen atoms in total. The van der Waals surface area contributed by atoms with Gasteiger partial charge in [-0.3, -0.25) is 9.59 Å². The lowest BCUT2D eigenvalue weighted by molar-refractivity contribution is -0.120. The van der Waals surface area contributed by atoms with Crippen LogP contribution >= 0.6 is 0 Å². The van der Waals surface area contributed by atoms with Crippen molar-refractivity contribution in [1.29, 1.82) is 0 Å². The molecule has 0 saturated carbocycles. The van der Waals surface area contributed by atoms with Gasteiger partial charge in [0, 0.05) is 36.7 Å². The second-order valence-corrected chi connectivity index (χ2v) is 10.1. The highest BCUT2D eigenvalue weighted by molar-refractivity contribution is 5.96. The average molecular weight is 545 g/mol. The Morgan fingerprint density at radius 1 is 0.700 bits per heavy atom. The van der Waals surface area contributed by atoms with Gasteiger partial charge in [-0.1, -0.05) is 37.1 Å². The number of amides is 2. The van der Waals surface area contributed by atoms with Crippen LogP contribution in [0.1, 0.15) is 63.5 Å². The molecule has 10 heteroatoms. The molecular formula is C30H36N6O4. The highest BCUT2D eigenvalue weighted by atomic mass is 16.3. The van der Waals surface area contributed by atoms with Crippen molar-refractivity contribution in [2.24, 2.45) is 20.5 Å². The zero-order chi connectivity index (χ0) is 28.8. The van der Waals surface area contributed by atoms with Crippen molar-refractivity contribution in [2.75, 3.05) is 0 Å². The number of aromatic hydroxyl groups is 2. The molecule has 0 aliphatic heterocycles. The van der Waals surface area contributed by atoms with Gasteiger partial charge in [-0.05, 0) is 63.8 Å². The van der Waals surface area contributed by atoms with Gasteiger partial charge in [0.25, 0.3) is 11.8 Å². The molecule has 0 aliphatic carbocycles. The van der Waals surface area contributed by atoms with Gasteiger partial charge < -0.3 is 19.3 Å². The van der Waals surface area contributed by atoms with E-state index in [1.54, 1.807) is 9.13 Å². The number of rotatable bonds is 11. The van der Waals surface area contributed by atoms with Crippen LogP contribution in [0.2, 0.25) is 0 Å². The fourth-order valence-corrected chi connectivity index (χ4v) is 4.84. The van der Waals surface area contributed by atoms with Crippen LogP contribution in [0.3, 0.4) is 0 Å². The highest BCUT2D eigenvalue weighted by Crippen LogP contribution is 2.40. The van der Waals surface area contributed by atoms with E-state index in [4.69, 9.17) is 0 Å². The largest absolute Gasteiger partial charge is 0.493 e. The Bertz CT molecular complexity index is 1490. The van der Waals surface area contributed by atoms with Crippen LogP contribution in [0.5, 0.6) is 11.8 Å². The minimum absolute atomic E-state index is 0.00558. The van der Waals surface area contributed by atoms with Gasteiger partial charge in [0.15, 0.2) is 11.4 Å². The summed E-state index contributed by atoms with van der Waals surface area (Å²) in [6, 6.07) is 11.6.